The second-order valence-corrected chi connectivity index (χ2v) is 8.80. The van der Waals surface area contributed by atoms with Crippen LogP contribution in [0.1, 0.15) is 73.1 Å². The van der Waals surface area contributed by atoms with Gasteiger partial charge in [-0.15, -0.1) is 0 Å². The number of epoxide rings is 1. The summed E-state index contributed by atoms with van der Waals surface area (Å²) in [6.45, 7) is 9.50. The molecule has 0 aromatic heterocycles. The van der Waals surface area contributed by atoms with Crippen LogP contribution in [0.25, 0.3) is 0 Å². The number of ether oxygens (including phenoxy) is 2. The van der Waals surface area contributed by atoms with Crippen LogP contribution in [0.15, 0.2) is 23.3 Å². The minimum Gasteiger partial charge on any atom is -0.455 e. The van der Waals surface area contributed by atoms with Crippen LogP contribution in [-0.2, 0) is 14.3 Å². The highest BCUT2D eigenvalue weighted by Crippen LogP contribution is 2.44. The highest BCUT2D eigenvalue weighted by molar-refractivity contribution is 5.66. The molecule has 0 radical (unpaired) electrons. The average Bonchev–Trinajstić information content (AvgIpc) is 3.22. The number of esters is 1. The van der Waals surface area contributed by atoms with Gasteiger partial charge in [0.1, 0.15) is 11.7 Å². The molecule has 1 aliphatic heterocycles. The molecule has 0 saturated carbocycles. The molecule has 1 fully saturated rings. The number of hydrogen-bond acceptors (Lipinski definition) is 5. The zero-order chi connectivity index (χ0) is 20.2. The van der Waals surface area contributed by atoms with Crippen LogP contribution in [0.5, 0.6) is 0 Å². The van der Waals surface area contributed by atoms with Crippen LogP contribution in [0.3, 0.4) is 0 Å². The molecule has 0 aromatic carbocycles. The predicted molar refractivity (Wildman–Crippen MR) is 105 cm³/mol. The van der Waals surface area contributed by atoms with E-state index in [-0.39, 0.29) is 18.3 Å². The van der Waals surface area contributed by atoms with Crippen LogP contribution in [-0.4, -0.2) is 46.2 Å². The van der Waals surface area contributed by atoms with E-state index in [1.807, 2.05) is 12.2 Å². The van der Waals surface area contributed by atoms with Gasteiger partial charge in [-0.25, -0.2) is 0 Å². The van der Waals surface area contributed by atoms with Crippen molar-refractivity contribution in [2.24, 2.45) is 5.92 Å². The number of fused-ring (bicyclic) bond motifs is 1. The Morgan fingerprint density at radius 3 is 2.63 bits per heavy atom. The Balaban J connectivity index is 2.31. The summed E-state index contributed by atoms with van der Waals surface area (Å²) in [6, 6.07) is 0. The van der Waals surface area contributed by atoms with Crippen molar-refractivity contribution in [2.75, 3.05) is 6.61 Å². The number of allylic oxidation sites excluding steroid dienone is 2. The number of carbonyl (C=O) groups excluding carboxylic acids is 1. The molecule has 5 heteroatoms. The van der Waals surface area contributed by atoms with Crippen molar-refractivity contribution >= 4 is 5.97 Å². The highest BCUT2D eigenvalue weighted by Gasteiger charge is 2.51. The standard InChI is InChI=1S/C22H36O5/c1-15(2)18-10-12-22(5)19(27-22)9-8-17(14-23)7-6-11-21(4,25)20(13-18)26-16(3)24/h7,13,15,19-20,23,25H,6,8-12,14H2,1-5H3/b17-7-,18-13+/t19-,20-,21+,22-/m0/s1. The van der Waals surface area contributed by atoms with Gasteiger partial charge in [0.25, 0.3) is 0 Å². The van der Waals surface area contributed by atoms with E-state index in [9.17, 15) is 15.0 Å². The summed E-state index contributed by atoms with van der Waals surface area (Å²) in [5, 5.41) is 20.6. The molecule has 2 aliphatic rings. The first kappa shape index (κ1) is 22.1. The van der Waals surface area contributed by atoms with E-state index in [0.717, 1.165) is 31.3 Å². The Labute approximate surface area is 163 Å². The number of rotatable bonds is 3. The van der Waals surface area contributed by atoms with Crippen molar-refractivity contribution in [2.45, 2.75) is 96.6 Å². The molecular weight excluding hydrogens is 344 g/mol. The Morgan fingerprint density at radius 1 is 1.33 bits per heavy atom. The summed E-state index contributed by atoms with van der Waals surface area (Å²) in [4.78, 5) is 11.6. The smallest absolute Gasteiger partial charge is 0.303 e. The Kier molecular flexibility index (Phi) is 7.28. The van der Waals surface area contributed by atoms with Gasteiger partial charge in [0.15, 0.2) is 0 Å². The third-order valence-corrected chi connectivity index (χ3v) is 5.97. The van der Waals surface area contributed by atoms with Crippen molar-refractivity contribution in [3.05, 3.63) is 23.3 Å². The van der Waals surface area contributed by atoms with E-state index >= 15 is 0 Å². The van der Waals surface area contributed by atoms with Gasteiger partial charge in [-0.05, 0) is 69.9 Å². The van der Waals surface area contributed by atoms with Gasteiger partial charge in [0, 0.05) is 6.92 Å². The minimum absolute atomic E-state index is 0.0242. The van der Waals surface area contributed by atoms with Gasteiger partial charge >= 0.3 is 5.97 Å². The van der Waals surface area contributed by atoms with Crippen LogP contribution in [0, 0.1) is 5.92 Å². The summed E-state index contributed by atoms with van der Waals surface area (Å²) in [5.41, 5.74) is 0.858. The van der Waals surface area contributed by atoms with Gasteiger partial charge in [-0.1, -0.05) is 25.5 Å². The van der Waals surface area contributed by atoms with Gasteiger partial charge in [0.2, 0.25) is 0 Å². The van der Waals surface area contributed by atoms with Crippen molar-refractivity contribution in [3.63, 3.8) is 0 Å². The van der Waals surface area contributed by atoms with Crippen LogP contribution in [0.4, 0.5) is 0 Å². The Bertz CT molecular complexity index is 590. The van der Waals surface area contributed by atoms with Crippen molar-refractivity contribution in [1.29, 1.82) is 0 Å². The lowest BCUT2D eigenvalue weighted by molar-refractivity contribution is -0.156. The predicted octanol–water partition coefficient (Wildman–Crippen LogP) is 3.68. The normalized spacial score (nSPS) is 39.4. The minimum atomic E-state index is -1.17. The Hall–Kier alpha value is -1.17. The van der Waals surface area contributed by atoms with E-state index in [1.54, 1.807) is 6.92 Å². The lowest BCUT2D eigenvalue weighted by Crippen LogP contribution is -2.41. The molecule has 2 rings (SSSR count). The van der Waals surface area contributed by atoms with Crippen molar-refractivity contribution < 1.29 is 24.5 Å². The molecule has 0 unspecified atom stereocenters. The lowest BCUT2D eigenvalue weighted by atomic mass is 9.85. The molecule has 0 amide bonds. The van der Waals surface area contributed by atoms with Crippen molar-refractivity contribution in [3.8, 4) is 0 Å². The average molecular weight is 381 g/mol. The molecule has 0 spiro atoms. The molecular formula is C22H36O5. The quantitative estimate of drug-likeness (QED) is 0.443. The topological polar surface area (TPSA) is 79.3 Å². The summed E-state index contributed by atoms with van der Waals surface area (Å²) in [6.07, 6.45) is 8.02. The summed E-state index contributed by atoms with van der Waals surface area (Å²) in [7, 11) is 0. The monoisotopic (exact) mass is 380 g/mol. The first-order chi connectivity index (χ1) is 12.6. The van der Waals surface area contributed by atoms with Gasteiger partial charge in [-0.3, -0.25) is 4.79 Å². The van der Waals surface area contributed by atoms with E-state index in [0.29, 0.717) is 18.8 Å². The first-order valence-electron chi connectivity index (χ1n) is 10.1. The fraction of sp³-hybridized carbons (Fsp3) is 0.773. The second-order valence-electron chi connectivity index (χ2n) is 8.80. The fourth-order valence-corrected chi connectivity index (χ4v) is 3.82. The van der Waals surface area contributed by atoms with Gasteiger partial charge < -0.3 is 19.7 Å². The molecule has 2 N–H and O–H groups in total. The molecule has 1 heterocycles. The molecule has 154 valence electrons. The molecule has 1 aliphatic carbocycles. The maximum atomic E-state index is 11.6. The zero-order valence-electron chi connectivity index (χ0n) is 17.5. The molecule has 27 heavy (non-hydrogen) atoms. The molecule has 1 saturated heterocycles. The van der Waals surface area contributed by atoms with E-state index in [1.165, 1.54) is 12.5 Å². The van der Waals surface area contributed by atoms with E-state index in [2.05, 4.69) is 20.8 Å². The molecule has 0 aromatic rings. The maximum absolute atomic E-state index is 11.6. The van der Waals surface area contributed by atoms with Gasteiger partial charge in [-0.2, -0.15) is 0 Å². The van der Waals surface area contributed by atoms with E-state index in [4.69, 9.17) is 9.47 Å². The largest absolute Gasteiger partial charge is 0.455 e. The highest BCUT2D eigenvalue weighted by atomic mass is 16.6. The third-order valence-electron chi connectivity index (χ3n) is 5.97. The third kappa shape index (κ3) is 6.16. The van der Waals surface area contributed by atoms with E-state index < -0.39 is 17.7 Å². The number of aliphatic hydroxyl groups is 2. The molecule has 0 bridgehead atoms. The van der Waals surface area contributed by atoms with Crippen molar-refractivity contribution in [1.82, 2.24) is 0 Å². The zero-order valence-corrected chi connectivity index (χ0v) is 17.5. The summed E-state index contributed by atoms with van der Waals surface area (Å²) < 4.78 is 11.5. The first-order valence-corrected chi connectivity index (χ1v) is 10.1. The second kappa shape index (κ2) is 8.89. The fourth-order valence-electron chi connectivity index (χ4n) is 3.82. The summed E-state index contributed by atoms with van der Waals surface area (Å²) in [5.74, 6) is -0.0988. The molecule has 4 atom stereocenters. The molecule has 5 nitrogen and oxygen atoms in total. The van der Waals surface area contributed by atoms with Crippen LogP contribution in [0.2, 0.25) is 0 Å². The van der Waals surface area contributed by atoms with Crippen LogP contribution < -0.4 is 0 Å². The number of aliphatic hydroxyl groups excluding tert-OH is 1. The number of hydrogen-bond donors (Lipinski definition) is 2. The lowest BCUT2D eigenvalue weighted by Gasteiger charge is -2.31. The summed E-state index contributed by atoms with van der Waals surface area (Å²) >= 11 is 0. The van der Waals surface area contributed by atoms with Gasteiger partial charge in [0.05, 0.1) is 18.3 Å². The maximum Gasteiger partial charge on any atom is 0.303 e. The Morgan fingerprint density at radius 2 is 2.04 bits per heavy atom. The SMILES string of the molecule is CC(=O)O[C@H]1/C=C(/C(C)C)CC[C@]2(C)O[C@H]2CC/C(CO)=C/CC[C@@]1(C)O. The van der Waals surface area contributed by atoms with Crippen LogP contribution >= 0.6 is 0 Å². The number of carbonyl (C=O) groups is 1.